The first kappa shape index (κ1) is 33.0. The summed E-state index contributed by atoms with van der Waals surface area (Å²) in [4.78, 5) is 29.2. The van der Waals surface area contributed by atoms with Crippen LogP contribution >= 0.6 is 11.6 Å². The van der Waals surface area contributed by atoms with Crippen LogP contribution in [0.3, 0.4) is 0 Å². The standard InChI is InChI=1S/C23H18ClF2N5O3.C7H8O3S/c1-12-28-18(7-13-5-3-2-4-6-13)20(34-12)11-27-23(33)19-10-21(31-30-19)29-22(32)14-8-16(25)17(26)9-15(14)24;1-6-2-4-7(5-3-6)11(8,9)10/h2-6,8-10H,7,11H2,1H3,(H,27,33)(H2,29,30,31,32);2-5H,1H3,(H,8,9,10). The first-order valence-corrected chi connectivity index (χ1v) is 14.9. The lowest BCUT2D eigenvalue weighted by molar-refractivity contribution is 0.0941. The molecule has 0 bridgehead atoms. The molecule has 2 heterocycles. The SMILES string of the molecule is Cc1ccc(S(=O)(=O)O)cc1.Cc1nc(Cc2ccccc2)c(CNC(=O)c2cc(NC(=O)c3cc(F)c(F)cc3Cl)n[nH]2)o1. The van der Waals surface area contributed by atoms with Crippen LogP contribution < -0.4 is 10.6 Å². The van der Waals surface area contributed by atoms with Crippen LogP contribution in [0.25, 0.3) is 0 Å². The van der Waals surface area contributed by atoms with Crippen LogP contribution in [0.4, 0.5) is 14.6 Å². The molecule has 0 atom stereocenters. The molecule has 234 valence electrons. The Balaban J connectivity index is 0.000000354. The number of rotatable bonds is 8. The zero-order chi connectivity index (χ0) is 32.7. The minimum absolute atomic E-state index is 0.00349. The maximum Gasteiger partial charge on any atom is 0.294 e. The van der Waals surface area contributed by atoms with Crippen molar-refractivity contribution < 1.29 is 35.8 Å². The molecule has 2 amide bonds. The van der Waals surface area contributed by atoms with Crippen LogP contribution in [0.15, 0.2) is 82.1 Å². The maximum atomic E-state index is 13.4. The van der Waals surface area contributed by atoms with Crippen LogP contribution in [0, 0.1) is 25.5 Å². The lowest BCUT2D eigenvalue weighted by Gasteiger charge is -2.05. The van der Waals surface area contributed by atoms with Crippen LogP contribution in [-0.2, 0) is 23.1 Å². The molecule has 5 aromatic rings. The fourth-order valence-electron chi connectivity index (χ4n) is 3.93. The number of halogens is 3. The molecule has 0 aliphatic rings. The second-order valence-corrected chi connectivity index (χ2v) is 11.4. The number of oxazole rings is 1. The Hall–Kier alpha value is -4.92. The number of carbonyl (C=O) groups is 2. The molecular formula is C30H26ClF2N5O6S. The van der Waals surface area contributed by atoms with E-state index in [-0.39, 0.29) is 33.5 Å². The van der Waals surface area contributed by atoms with Gasteiger partial charge in [0.05, 0.1) is 27.7 Å². The van der Waals surface area contributed by atoms with E-state index in [0.717, 1.165) is 11.1 Å². The van der Waals surface area contributed by atoms with Crippen molar-refractivity contribution in [2.75, 3.05) is 5.32 Å². The Morgan fingerprint density at radius 1 is 0.978 bits per heavy atom. The van der Waals surface area contributed by atoms with Gasteiger partial charge >= 0.3 is 0 Å². The first-order chi connectivity index (χ1) is 21.3. The molecule has 5 rings (SSSR count). The van der Waals surface area contributed by atoms with Crippen molar-refractivity contribution in [2.24, 2.45) is 0 Å². The molecule has 11 nitrogen and oxygen atoms in total. The number of H-pyrrole nitrogens is 1. The van der Waals surface area contributed by atoms with Gasteiger partial charge in [-0.1, -0.05) is 59.6 Å². The Labute approximate surface area is 261 Å². The quantitative estimate of drug-likeness (QED) is 0.123. The molecule has 45 heavy (non-hydrogen) atoms. The molecule has 0 aliphatic carbocycles. The molecule has 0 radical (unpaired) electrons. The van der Waals surface area contributed by atoms with Crippen molar-refractivity contribution in [3.63, 3.8) is 0 Å². The van der Waals surface area contributed by atoms with E-state index in [9.17, 15) is 26.8 Å². The van der Waals surface area contributed by atoms with Gasteiger partial charge in [-0.15, -0.1) is 0 Å². The number of amides is 2. The molecule has 4 N–H and O–H groups in total. The molecule has 0 unspecified atom stereocenters. The highest BCUT2D eigenvalue weighted by Gasteiger charge is 2.18. The van der Waals surface area contributed by atoms with E-state index in [1.807, 2.05) is 37.3 Å². The number of nitrogens with one attached hydrogen (secondary N) is 3. The number of aromatic nitrogens is 3. The fraction of sp³-hybridized carbons (Fsp3) is 0.133. The molecule has 2 aromatic heterocycles. The zero-order valence-corrected chi connectivity index (χ0v) is 25.3. The van der Waals surface area contributed by atoms with E-state index in [4.69, 9.17) is 20.6 Å². The summed E-state index contributed by atoms with van der Waals surface area (Å²) in [6, 6.07) is 18.4. The van der Waals surface area contributed by atoms with Gasteiger partial charge in [0.2, 0.25) is 0 Å². The lowest BCUT2D eigenvalue weighted by atomic mass is 10.1. The summed E-state index contributed by atoms with van der Waals surface area (Å²) in [5.74, 6) is -2.70. The molecule has 3 aromatic carbocycles. The van der Waals surface area contributed by atoms with Gasteiger partial charge in [-0.05, 0) is 36.8 Å². The highest BCUT2D eigenvalue weighted by Crippen LogP contribution is 2.21. The van der Waals surface area contributed by atoms with Crippen molar-refractivity contribution >= 4 is 39.4 Å². The first-order valence-electron chi connectivity index (χ1n) is 13.1. The molecule has 0 saturated carbocycles. The van der Waals surface area contributed by atoms with Gasteiger partial charge in [0.1, 0.15) is 11.5 Å². The Kier molecular flexibility index (Phi) is 10.4. The Bertz CT molecular complexity index is 1930. The lowest BCUT2D eigenvalue weighted by Crippen LogP contribution is -2.23. The van der Waals surface area contributed by atoms with Gasteiger partial charge in [0.15, 0.2) is 23.3 Å². The summed E-state index contributed by atoms with van der Waals surface area (Å²) < 4.78 is 61.8. The Morgan fingerprint density at radius 2 is 1.64 bits per heavy atom. The molecule has 0 fully saturated rings. The summed E-state index contributed by atoms with van der Waals surface area (Å²) in [6.45, 7) is 3.66. The average Bonchev–Trinajstić information content (AvgIpc) is 3.60. The number of carbonyl (C=O) groups excluding carboxylic acids is 2. The minimum Gasteiger partial charge on any atom is -0.444 e. The predicted octanol–water partition coefficient (Wildman–Crippen LogP) is 5.65. The summed E-state index contributed by atoms with van der Waals surface area (Å²) >= 11 is 5.81. The van der Waals surface area contributed by atoms with Gasteiger partial charge < -0.3 is 15.1 Å². The number of hydrogen-bond donors (Lipinski definition) is 4. The molecular weight excluding hydrogens is 632 g/mol. The molecule has 0 spiro atoms. The zero-order valence-electron chi connectivity index (χ0n) is 23.8. The summed E-state index contributed by atoms with van der Waals surface area (Å²) in [5.41, 5.74) is 2.51. The van der Waals surface area contributed by atoms with Crippen molar-refractivity contribution in [3.05, 3.63) is 129 Å². The average molecular weight is 658 g/mol. The van der Waals surface area contributed by atoms with Gasteiger partial charge in [-0.3, -0.25) is 19.2 Å². The monoisotopic (exact) mass is 657 g/mol. The number of anilines is 1. The predicted molar refractivity (Wildman–Crippen MR) is 161 cm³/mol. The van der Waals surface area contributed by atoms with Crippen molar-refractivity contribution in [1.82, 2.24) is 20.5 Å². The number of aromatic amines is 1. The number of hydrogen-bond acceptors (Lipinski definition) is 7. The normalized spacial score (nSPS) is 11.0. The van der Waals surface area contributed by atoms with Gasteiger partial charge in [0.25, 0.3) is 21.9 Å². The summed E-state index contributed by atoms with van der Waals surface area (Å²) in [5, 5.41) is 11.2. The number of aryl methyl sites for hydroxylation is 2. The summed E-state index contributed by atoms with van der Waals surface area (Å²) in [7, 11) is -4.02. The van der Waals surface area contributed by atoms with E-state index in [1.165, 1.54) is 18.2 Å². The third-order valence-corrected chi connectivity index (χ3v) is 7.33. The van der Waals surface area contributed by atoms with E-state index in [2.05, 4.69) is 25.8 Å². The van der Waals surface area contributed by atoms with E-state index in [1.54, 1.807) is 19.1 Å². The summed E-state index contributed by atoms with van der Waals surface area (Å²) in [6.07, 6.45) is 0.552. The molecule has 15 heteroatoms. The van der Waals surface area contributed by atoms with Crippen molar-refractivity contribution in [1.29, 1.82) is 0 Å². The Morgan fingerprint density at radius 3 is 2.31 bits per heavy atom. The van der Waals surface area contributed by atoms with E-state index >= 15 is 0 Å². The van der Waals surface area contributed by atoms with Crippen molar-refractivity contribution in [3.8, 4) is 0 Å². The maximum absolute atomic E-state index is 13.4. The second kappa shape index (κ2) is 14.2. The highest BCUT2D eigenvalue weighted by molar-refractivity contribution is 7.85. The molecule has 0 aliphatic heterocycles. The minimum atomic E-state index is -4.02. The van der Waals surface area contributed by atoms with Gasteiger partial charge in [-0.2, -0.15) is 13.5 Å². The highest BCUT2D eigenvalue weighted by atomic mass is 35.5. The van der Waals surface area contributed by atoms with Crippen LogP contribution in [0.2, 0.25) is 5.02 Å². The van der Waals surface area contributed by atoms with E-state index < -0.39 is 33.6 Å². The molecule has 0 saturated heterocycles. The number of nitrogens with zero attached hydrogens (tertiary/aromatic N) is 2. The number of benzene rings is 3. The van der Waals surface area contributed by atoms with Gasteiger partial charge in [0, 0.05) is 19.4 Å². The fourth-order valence-corrected chi connectivity index (χ4v) is 4.64. The van der Waals surface area contributed by atoms with E-state index in [0.29, 0.717) is 35.9 Å². The largest absolute Gasteiger partial charge is 0.444 e. The third-order valence-electron chi connectivity index (χ3n) is 6.15. The topological polar surface area (TPSA) is 167 Å². The third kappa shape index (κ3) is 9.04. The van der Waals surface area contributed by atoms with Crippen LogP contribution in [-0.4, -0.2) is 40.0 Å². The van der Waals surface area contributed by atoms with Crippen molar-refractivity contribution in [2.45, 2.75) is 31.7 Å². The smallest absolute Gasteiger partial charge is 0.294 e. The van der Waals surface area contributed by atoms with Crippen LogP contribution in [0.1, 0.15) is 49.3 Å². The van der Waals surface area contributed by atoms with Gasteiger partial charge in [-0.25, -0.2) is 13.8 Å². The second-order valence-electron chi connectivity index (χ2n) is 9.60. The van der Waals surface area contributed by atoms with Crippen LogP contribution in [0.5, 0.6) is 0 Å².